The van der Waals surface area contributed by atoms with Crippen LogP contribution in [0.1, 0.15) is 13.3 Å². The molecule has 0 unspecified atom stereocenters. The molecule has 0 bridgehead atoms. The Kier molecular flexibility index (Phi) is 2.38. The molecule has 2 rings (SSSR count). The highest BCUT2D eigenvalue weighted by Gasteiger charge is 2.21. The topological polar surface area (TPSA) is 41.1 Å². The van der Waals surface area contributed by atoms with E-state index in [1.807, 2.05) is 6.92 Å². The van der Waals surface area contributed by atoms with Gasteiger partial charge in [0.1, 0.15) is 13.7 Å². The minimum absolute atomic E-state index is 0.0599. The third-order valence-electron chi connectivity index (χ3n) is 2.33. The van der Waals surface area contributed by atoms with Crippen molar-refractivity contribution in [3.8, 4) is 0 Å². The Morgan fingerprint density at radius 3 is 2.93 bits per heavy atom. The maximum absolute atomic E-state index is 13.4. The van der Waals surface area contributed by atoms with Gasteiger partial charge >= 0.3 is 0 Å². The first-order chi connectivity index (χ1) is 7.08. The zero-order valence-electron chi connectivity index (χ0n) is 8.30. The number of halogens is 1. The van der Waals surface area contributed by atoms with Crippen LogP contribution in [0.25, 0.3) is 0 Å². The van der Waals surface area contributed by atoms with Crippen molar-refractivity contribution in [1.82, 2.24) is 0 Å². The zero-order chi connectivity index (χ0) is 11.0. The molecule has 2 N–H and O–H groups in total. The maximum Gasteiger partial charge on any atom is 0.226 e. The van der Waals surface area contributed by atoms with Crippen LogP contribution in [-0.2, 0) is 4.79 Å². The van der Waals surface area contributed by atoms with Gasteiger partial charge in [0, 0.05) is 12.5 Å². The molecule has 0 fully saturated rings. The molecule has 0 aliphatic carbocycles. The standard InChI is InChI=1S/C10H10BFN2O/c1-5-4-8(15)14-10-7(12)3-2-6(11)9(10)13-5/h2-3,5,13H,4H2,1H3,(H,14,15)/t5-/m1/s1. The van der Waals surface area contributed by atoms with Gasteiger partial charge in [0.15, 0.2) is 0 Å². The molecule has 1 heterocycles. The molecule has 5 heteroatoms. The van der Waals surface area contributed by atoms with Crippen molar-refractivity contribution in [1.29, 1.82) is 0 Å². The van der Waals surface area contributed by atoms with Gasteiger partial charge in [-0.15, -0.1) is 0 Å². The number of benzene rings is 1. The summed E-state index contributed by atoms with van der Waals surface area (Å²) in [6.07, 6.45) is 0.299. The van der Waals surface area contributed by atoms with E-state index in [9.17, 15) is 9.18 Å². The van der Waals surface area contributed by atoms with Crippen molar-refractivity contribution in [2.75, 3.05) is 10.6 Å². The van der Waals surface area contributed by atoms with Crippen LogP contribution in [0.3, 0.4) is 0 Å². The number of carbonyl (C=O) groups is 1. The summed E-state index contributed by atoms with van der Waals surface area (Å²) >= 11 is 0. The normalized spacial score (nSPS) is 19.9. The number of hydrogen-bond donors (Lipinski definition) is 2. The highest BCUT2D eigenvalue weighted by Crippen LogP contribution is 2.26. The second kappa shape index (κ2) is 3.57. The predicted octanol–water partition coefficient (Wildman–Crippen LogP) is 0.762. The highest BCUT2D eigenvalue weighted by molar-refractivity contribution is 6.37. The molecule has 0 aromatic heterocycles. The van der Waals surface area contributed by atoms with E-state index in [0.717, 1.165) is 0 Å². The van der Waals surface area contributed by atoms with Gasteiger partial charge in [-0.3, -0.25) is 4.79 Å². The van der Waals surface area contributed by atoms with E-state index in [4.69, 9.17) is 7.85 Å². The van der Waals surface area contributed by atoms with E-state index in [-0.39, 0.29) is 17.6 Å². The first-order valence-corrected chi connectivity index (χ1v) is 4.72. The third-order valence-corrected chi connectivity index (χ3v) is 2.33. The van der Waals surface area contributed by atoms with Crippen molar-refractivity contribution in [2.45, 2.75) is 19.4 Å². The van der Waals surface area contributed by atoms with Crippen LogP contribution in [0.2, 0.25) is 0 Å². The lowest BCUT2D eigenvalue weighted by molar-refractivity contribution is -0.116. The Labute approximate surface area is 88.5 Å². The molecule has 1 atom stereocenters. The summed E-state index contributed by atoms with van der Waals surface area (Å²) in [6.45, 7) is 1.85. The lowest BCUT2D eigenvalue weighted by Crippen LogP contribution is -2.21. The average Bonchev–Trinajstić information content (AvgIpc) is 2.31. The van der Waals surface area contributed by atoms with Crippen molar-refractivity contribution in [3.05, 3.63) is 17.9 Å². The van der Waals surface area contributed by atoms with E-state index in [0.29, 0.717) is 17.6 Å². The Morgan fingerprint density at radius 2 is 2.20 bits per heavy atom. The number of nitrogens with one attached hydrogen (secondary N) is 2. The van der Waals surface area contributed by atoms with Crippen molar-refractivity contribution in [2.24, 2.45) is 0 Å². The molecule has 0 spiro atoms. The minimum Gasteiger partial charge on any atom is -0.381 e. The van der Waals surface area contributed by atoms with Gasteiger partial charge < -0.3 is 10.6 Å². The number of amides is 1. The SMILES string of the molecule is [B]c1ccc(F)c2c1N[C@H](C)CC(=O)N2. The van der Waals surface area contributed by atoms with Crippen LogP contribution in [0.4, 0.5) is 15.8 Å². The second-order valence-corrected chi connectivity index (χ2v) is 3.68. The summed E-state index contributed by atoms with van der Waals surface area (Å²) < 4.78 is 13.4. The number of carbonyl (C=O) groups excluding carboxylic acids is 1. The quantitative estimate of drug-likeness (QED) is 0.612. The first kappa shape index (κ1) is 10.0. The summed E-state index contributed by atoms with van der Waals surface area (Å²) in [4.78, 5) is 11.4. The summed E-state index contributed by atoms with van der Waals surface area (Å²) in [6, 6.07) is 2.66. The van der Waals surface area contributed by atoms with E-state index in [2.05, 4.69) is 10.6 Å². The van der Waals surface area contributed by atoms with Crippen LogP contribution in [0.15, 0.2) is 12.1 Å². The van der Waals surface area contributed by atoms with Crippen molar-refractivity contribution in [3.63, 3.8) is 0 Å². The monoisotopic (exact) mass is 204 g/mol. The van der Waals surface area contributed by atoms with Gasteiger partial charge in [0.05, 0.1) is 11.4 Å². The summed E-state index contributed by atoms with van der Waals surface area (Å²) in [5.41, 5.74) is 1.04. The molecule has 1 aliphatic heterocycles. The van der Waals surface area contributed by atoms with Gasteiger partial charge in [0.2, 0.25) is 5.91 Å². The smallest absolute Gasteiger partial charge is 0.226 e. The molecule has 0 saturated heterocycles. The van der Waals surface area contributed by atoms with E-state index in [1.165, 1.54) is 12.1 Å². The fraction of sp³-hybridized carbons (Fsp3) is 0.300. The van der Waals surface area contributed by atoms with Crippen molar-refractivity contribution < 1.29 is 9.18 Å². The molecule has 0 saturated carbocycles. The van der Waals surface area contributed by atoms with Gasteiger partial charge in [0.25, 0.3) is 0 Å². The van der Waals surface area contributed by atoms with E-state index < -0.39 is 5.82 Å². The predicted molar refractivity (Wildman–Crippen MR) is 58.1 cm³/mol. The Morgan fingerprint density at radius 1 is 1.47 bits per heavy atom. The molecule has 76 valence electrons. The molecule has 3 nitrogen and oxygen atoms in total. The number of hydrogen-bond acceptors (Lipinski definition) is 2. The Balaban J connectivity index is 2.54. The van der Waals surface area contributed by atoms with Gasteiger partial charge in [-0.2, -0.15) is 0 Å². The second-order valence-electron chi connectivity index (χ2n) is 3.68. The van der Waals surface area contributed by atoms with E-state index in [1.54, 1.807) is 0 Å². The van der Waals surface area contributed by atoms with Crippen LogP contribution in [0.5, 0.6) is 0 Å². The Hall–Kier alpha value is -1.52. The zero-order valence-corrected chi connectivity index (χ0v) is 8.30. The van der Waals surface area contributed by atoms with Crippen LogP contribution in [-0.4, -0.2) is 19.8 Å². The van der Waals surface area contributed by atoms with Crippen molar-refractivity contribution >= 4 is 30.6 Å². The molecule has 1 aliphatic rings. The lowest BCUT2D eigenvalue weighted by atomic mass is 9.93. The average molecular weight is 204 g/mol. The van der Waals surface area contributed by atoms with Gasteiger partial charge in [-0.25, -0.2) is 4.39 Å². The molecular formula is C10H10BFN2O. The molecular weight excluding hydrogens is 194 g/mol. The number of fused-ring (bicyclic) bond motifs is 1. The lowest BCUT2D eigenvalue weighted by Gasteiger charge is -2.14. The summed E-state index contributed by atoms with van der Waals surface area (Å²) in [7, 11) is 5.71. The van der Waals surface area contributed by atoms with Crippen LogP contribution < -0.4 is 16.1 Å². The number of anilines is 2. The van der Waals surface area contributed by atoms with E-state index >= 15 is 0 Å². The highest BCUT2D eigenvalue weighted by atomic mass is 19.1. The number of rotatable bonds is 0. The maximum atomic E-state index is 13.4. The summed E-state index contributed by atoms with van der Waals surface area (Å²) in [5, 5.41) is 5.52. The molecule has 15 heavy (non-hydrogen) atoms. The molecule has 1 aromatic rings. The Bertz CT molecular complexity index is 422. The van der Waals surface area contributed by atoms with Gasteiger partial charge in [-0.1, -0.05) is 11.5 Å². The van der Waals surface area contributed by atoms with Gasteiger partial charge in [-0.05, 0) is 13.0 Å². The fourth-order valence-corrected chi connectivity index (χ4v) is 1.64. The first-order valence-electron chi connectivity index (χ1n) is 4.72. The largest absolute Gasteiger partial charge is 0.381 e. The van der Waals surface area contributed by atoms with Crippen LogP contribution in [0, 0.1) is 5.82 Å². The summed E-state index contributed by atoms with van der Waals surface area (Å²) in [5.74, 6) is -0.688. The fourth-order valence-electron chi connectivity index (χ4n) is 1.64. The third kappa shape index (κ3) is 1.82. The minimum atomic E-state index is -0.478. The molecule has 1 aromatic carbocycles. The molecule has 1 amide bonds. The van der Waals surface area contributed by atoms with Crippen LogP contribution >= 0.6 is 0 Å². The molecule has 2 radical (unpaired) electrons.